The summed E-state index contributed by atoms with van der Waals surface area (Å²) >= 11 is 3.37. The van der Waals surface area contributed by atoms with Crippen LogP contribution >= 0.6 is 15.9 Å². The van der Waals surface area contributed by atoms with Crippen molar-refractivity contribution in [2.24, 2.45) is 0 Å². The highest BCUT2D eigenvalue weighted by atomic mass is 79.9. The highest BCUT2D eigenvalue weighted by Gasteiger charge is 2.28. The monoisotopic (exact) mass is 465 g/mol. The van der Waals surface area contributed by atoms with Crippen molar-refractivity contribution in [1.82, 2.24) is 9.21 Å². The Balaban J connectivity index is 1.67. The largest absolute Gasteiger partial charge is 0.326 e. The van der Waals surface area contributed by atoms with E-state index in [1.54, 1.807) is 18.2 Å². The Bertz CT molecular complexity index is 924. The summed E-state index contributed by atoms with van der Waals surface area (Å²) in [5.41, 5.74) is 1.37. The third-order valence-corrected chi connectivity index (χ3v) is 7.24. The van der Waals surface area contributed by atoms with E-state index in [0.717, 1.165) is 29.7 Å². The molecule has 150 valence electrons. The first-order chi connectivity index (χ1) is 13.4. The van der Waals surface area contributed by atoms with Crippen molar-refractivity contribution < 1.29 is 13.2 Å². The van der Waals surface area contributed by atoms with Crippen LogP contribution in [0.3, 0.4) is 0 Å². The van der Waals surface area contributed by atoms with Crippen LogP contribution < -0.4 is 5.32 Å². The number of amides is 1. The molecule has 0 atom stereocenters. The Labute approximate surface area is 174 Å². The lowest BCUT2D eigenvalue weighted by atomic mass is 10.1. The summed E-state index contributed by atoms with van der Waals surface area (Å²) in [6.45, 7) is 5.43. The number of benzene rings is 2. The third-order valence-electron chi connectivity index (χ3n) is 4.81. The Morgan fingerprint density at radius 3 is 2.39 bits per heavy atom. The lowest BCUT2D eigenvalue weighted by Gasteiger charge is -2.33. The van der Waals surface area contributed by atoms with Crippen LogP contribution in [0.2, 0.25) is 0 Å². The van der Waals surface area contributed by atoms with Gasteiger partial charge < -0.3 is 10.2 Å². The lowest BCUT2D eigenvalue weighted by molar-refractivity contribution is -0.115. The second kappa shape index (κ2) is 9.17. The van der Waals surface area contributed by atoms with Gasteiger partial charge in [0.05, 0.1) is 11.3 Å². The van der Waals surface area contributed by atoms with E-state index in [9.17, 15) is 13.2 Å². The normalized spacial score (nSPS) is 16.1. The van der Waals surface area contributed by atoms with Gasteiger partial charge in [-0.1, -0.05) is 41.1 Å². The van der Waals surface area contributed by atoms with Crippen molar-refractivity contribution in [2.45, 2.75) is 18.2 Å². The zero-order valence-corrected chi connectivity index (χ0v) is 18.2. The average molecular weight is 466 g/mol. The third kappa shape index (κ3) is 5.20. The molecular weight excluding hydrogens is 442 g/mol. The number of piperazine rings is 1. The zero-order chi connectivity index (χ0) is 20.1. The van der Waals surface area contributed by atoms with E-state index in [1.807, 2.05) is 24.3 Å². The first kappa shape index (κ1) is 21.0. The smallest absolute Gasteiger partial charge is 0.243 e. The second-order valence-corrected chi connectivity index (χ2v) is 9.57. The minimum absolute atomic E-state index is 0.187. The standard InChI is InChI=1S/C20H24BrN3O3S/c1-2-23-10-12-24(13-11-23)28(26,27)19-5-3-4-18(15-19)22-20(25)14-16-6-8-17(21)9-7-16/h3-9,15H,2,10-14H2,1H3,(H,22,25). The molecule has 0 bridgehead atoms. The van der Waals surface area contributed by atoms with Gasteiger partial charge in [0, 0.05) is 36.3 Å². The van der Waals surface area contributed by atoms with Gasteiger partial charge in [-0.15, -0.1) is 0 Å². The van der Waals surface area contributed by atoms with Crippen LogP contribution in [-0.4, -0.2) is 56.3 Å². The van der Waals surface area contributed by atoms with E-state index in [0.29, 0.717) is 18.8 Å². The molecule has 0 aliphatic carbocycles. The Morgan fingerprint density at radius 2 is 1.75 bits per heavy atom. The highest BCUT2D eigenvalue weighted by Crippen LogP contribution is 2.21. The van der Waals surface area contributed by atoms with Crippen LogP contribution in [0.15, 0.2) is 57.9 Å². The maximum Gasteiger partial charge on any atom is 0.243 e. The highest BCUT2D eigenvalue weighted by molar-refractivity contribution is 9.10. The molecule has 0 saturated carbocycles. The molecule has 1 N–H and O–H groups in total. The first-order valence-corrected chi connectivity index (χ1v) is 11.5. The molecule has 1 saturated heterocycles. The van der Waals surface area contributed by atoms with E-state index >= 15 is 0 Å². The minimum atomic E-state index is -3.57. The maximum absolute atomic E-state index is 12.9. The molecule has 6 nitrogen and oxygen atoms in total. The Morgan fingerprint density at radius 1 is 1.07 bits per heavy atom. The Kier molecular flexibility index (Phi) is 6.87. The summed E-state index contributed by atoms with van der Waals surface area (Å²) in [5.74, 6) is -0.187. The molecule has 8 heteroatoms. The van der Waals surface area contributed by atoms with E-state index < -0.39 is 10.0 Å². The van der Waals surface area contributed by atoms with Gasteiger partial charge in [0.25, 0.3) is 0 Å². The van der Waals surface area contributed by atoms with Gasteiger partial charge >= 0.3 is 0 Å². The molecule has 1 amide bonds. The molecule has 1 aliphatic heterocycles. The molecular formula is C20H24BrN3O3S. The molecule has 3 rings (SSSR count). The van der Waals surface area contributed by atoms with Crippen LogP contribution in [-0.2, 0) is 21.2 Å². The molecule has 0 spiro atoms. The van der Waals surface area contributed by atoms with Gasteiger partial charge in [-0.25, -0.2) is 8.42 Å². The number of hydrogen-bond acceptors (Lipinski definition) is 4. The van der Waals surface area contributed by atoms with Gasteiger partial charge in [-0.2, -0.15) is 4.31 Å². The molecule has 0 aromatic heterocycles. The summed E-state index contributed by atoms with van der Waals surface area (Å²) in [5, 5.41) is 2.79. The zero-order valence-electron chi connectivity index (χ0n) is 15.8. The molecule has 1 heterocycles. The number of nitrogens with zero attached hydrogens (tertiary/aromatic N) is 2. The molecule has 2 aromatic rings. The quantitative estimate of drug-likeness (QED) is 0.711. The van der Waals surface area contributed by atoms with Gasteiger partial charge in [-0.05, 0) is 42.4 Å². The lowest BCUT2D eigenvalue weighted by Crippen LogP contribution is -2.48. The van der Waals surface area contributed by atoms with E-state index in [-0.39, 0.29) is 17.2 Å². The van der Waals surface area contributed by atoms with Crippen molar-refractivity contribution in [1.29, 1.82) is 0 Å². The summed E-state index contributed by atoms with van der Waals surface area (Å²) < 4.78 is 28.3. The van der Waals surface area contributed by atoms with Crippen molar-refractivity contribution in [3.05, 3.63) is 58.6 Å². The van der Waals surface area contributed by atoms with Crippen LogP contribution in [0.5, 0.6) is 0 Å². The Hall–Kier alpha value is -1.74. The summed E-state index contributed by atoms with van der Waals surface area (Å²) in [6.07, 6.45) is 0.225. The van der Waals surface area contributed by atoms with E-state index in [2.05, 4.69) is 33.1 Å². The fourth-order valence-electron chi connectivity index (χ4n) is 3.16. The van der Waals surface area contributed by atoms with E-state index in [1.165, 1.54) is 10.4 Å². The van der Waals surface area contributed by atoms with Crippen LogP contribution in [0.1, 0.15) is 12.5 Å². The number of carbonyl (C=O) groups is 1. The van der Waals surface area contributed by atoms with Crippen molar-refractivity contribution in [3.8, 4) is 0 Å². The number of halogens is 1. The number of likely N-dealkylation sites (N-methyl/N-ethyl adjacent to an activating group) is 1. The van der Waals surface area contributed by atoms with E-state index in [4.69, 9.17) is 0 Å². The molecule has 1 aliphatic rings. The van der Waals surface area contributed by atoms with Gasteiger partial charge in [0.15, 0.2) is 0 Å². The molecule has 1 fully saturated rings. The molecule has 0 radical (unpaired) electrons. The molecule has 28 heavy (non-hydrogen) atoms. The number of hydrogen-bond donors (Lipinski definition) is 1. The number of sulfonamides is 1. The van der Waals surface area contributed by atoms with Gasteiger partial charge in [0.2, 0.25) is 15.9 Å². The first-order valence-electron chi connectivity index (χ1n) is 9.25. The number of rotatable bonds is 6. The fraction of sp³-hybridized carbons (Fsp3) is 0.350. The maximum atomic E-state index is 12.9. The van der Waals surface area contributed by atoms with Crippen molar-refractivity contribution in [2.75, 3.05) is 38.0 Å². The SMILES string of the molecule is CCN1CCN(S(=O)(=O)c2cccc(NC(=O)Cc3ccc(Br)cc3)c2)CC1. The predicted octanol–water partition coefficient (Wildman–Crippen LogP) is 2.96. The summed E-state index contributed by atoms with van der Waals surface area (Å²) in [4.78, 5) is 14.7. The van der Waals surface area contributed by atoms with Crippen LogP contribution in [0.4, 0.5) is 5.69 Å². The number of anilines is 1. The summed E-state index contributed by atoms with van der Waals surface area (Å²) in [7, 11) is -3.57. The van der Waals surface area contributed by atoms with Gasteiger partial charge in [0.1, 0.15) is 0 Å². The van der Waals surface area contributed by atoms with Crippen LogP contribution in [0, 0.1) is 0 Å². The van der Waals surface area contributed by atoms with Crippen LogP contribution in [0.25, 0.3) is 0 Å². The minimum Gasteiger partial charge on any atom is -0.326 e. The van der Waals surface area contributed by atoms with Crippen molar-refractivity contribution in [3.63, 3.8) is 0 Å². The van der Waals surface area contributed by atoms with Gasteiger partial charge in [-0.3, -0.25) is 4.79 Å². The molecule has 2 aromatic carbocycles. The topological polar surface area (TPSA) is 69.7 Å². The predicted molar refractivity (Wildman–Crippen MR) is 114 cm³/mol. The average Bonchev–Trinajstić information content (AvgIpc) is 2.70. The van der Waals surface area contributed by atoms with Crippen molar-refractivity contribution >= 4 is 37.5 Å². The number of nitrogens with one attached hydrogen (secondary N) is 1. The summed E-state index contributed by atoms with van der Waals surface area (Å²) in [6, 6.07) is 14.0. The molecule has 0 unspecified atom stereocenters. The number of carbonyl (C=O) groups excluding carboxylic acids is 1. The second-order valence-electron chi connectivity index (χ2n) is 6.72. The fourth-order valence-corrected chi connectivity index (χ4v) is 4.90.